The zero-order valence-corrected chi connectivity index (χ0v) is 12.5. The first-order valence-corrected chi connectivity index (χ1v) is 7.03. The van der Waals surface area contributed by atoms with Crippen molar-refractivity contribution in [3.63, 3.8) is 0 Å². The Kier molecular flexibility index (Phi) is 3.67. The first-order valence-electron chi connectivity index (χ1n) is 7.03. The molecule has 0 amide bonds. The summed E-state index contributed by atoms with van der Waals surface area (Å²) in [6, 6.07) is 14.6. The standard InChI is InChI=1S/C18H19NO2/c1-12-13(10-11-21-12)18(19-2)16-8-9-17(20-3)15-7-5-4-6-14(15)16/h4-11,18-19H,1-3H3. The Hall–Kier alpha value is -2.26. The number of nitrogens with one attached hydrogen (secondary N) is 1. The molecule has 3 nitrogen and oxygen atoms in total. The van der Waals surface area contributed by atoms with Crippen LogP contribution in [0.1, 0.15) is 22.9 Å². The number of aryl methyl sites for hydroxylation is 1. The van der Waals surface area contributed by atoms with Crippen molar-refractivity contribution in [1.29, 1.82) is 0 Å². The van der Waals surface area contributed by atoms with Crippen LogP contribution >= 0.6 is 0 Å². The third kappa shape index (κ3) is 2.30. The molecule has 108 valence electrons. The maximum Gasteiger partial charge on any atom is 0.126 e. The van der Waals surface area contributed by atoms with Crippen LogP contribution in [0, 0.1) is 6.92 Å². The number of hydrogen-bond acceptors (Lipinski definition) is 3. The Bertz CT molecular complexity index is 761. The van der Waals surface area contributed by atoms with E-state index >= 15 is 0 Å². The number of ether oxygens (including phenoxy) is 1. The lowest BCUT2D eigenvalue weighted by Crippen LogP contribution is -2.18. The van der Waals surface area contributed by atoms with E-state index < -0.39 is 0 Å². The van der Waals surface area contributed by atoms with Crippen molar-refractivity contribution in [2.45, 2.75) is 13.0 Å². The monoisotopic (exact) mass is 281 g/mol. The maximum atomic E-state index is 5.47. The summed E-state index contributed by atoms with van der Waals surface area (Å²) in [4.78, 5) is 0. The topological polar surface area (TPSA) is 34.4 Å². The van der Waals surface area contributed by atoms with Crippen LogP contribution < -0.4 is 10.1 Å². The van der Waals surface area contributed by atoms with Crippen molar-refractivity contribution in [1.82, 2.24) is 5.32 Å². The molecule has 0 fully saturated rings. The molecule has 0 bridgehead atoms. The minimum atomic E-state index is 0.0968. The van der Waals surface area contributed by atoms with Crippen molar-refractivity contribution in [3.8, 4) is 5.75 Å². The molecule has 21 heavy (non-hydrogen) atoms. The second kappa shape index (κ2) is 5.62. The molecule has 1 heterocycles. The van der Waals surface area contributed by atoms with Gasteiger partial charge in [-0.15, -0.1) is 0 Å². The van der Waals surface area contributed by atoms with Crippen LogP contribution in [0.3, 0.4) is 0 Å². The van der Waals surface area contributed by atoms with E-state index in [1.165, 1.54) is 10.9 Å². The summed E-state index contributed by atoms with van der Waals surface area (Å²) in [5.41, 5.74) is 2.38. The first-order chi connectivity index (χ1) is 10.3. The normalized spacial score (nSPS) is 12.5. The average Bonchev–Trinajstić information content (AvgIpc) is 2.94. The molecule has 2 aromatic carbocycles. The number of fused-ring (bicyclic) bond motifs is 1. The number of rotatable bonds is 4. The summed E-state index contributed by atoms with van der Waals surface area (Å²) < 4.78 is 10.9. The van der Waals surface area contributed by atoms with E-state index in [0.29, 0.717) is 0 Å². The molecule has 0 saturated carbocycles. The Morgan fingerprint density at radius 1 is 1.00 bits per heavy atom. The minimum Gasteiger partial charge on any atom is -0.496 e. The van der Waals surface area contributed by atoms with E-state index in [9.17, 15) is 0 Å². The number of hydrogen-bond donors (Lipinski definition) is 1. The van der Waals surface area contributed by atoms with E-state index in [2.05, 4.69) is 29.6 Å². The lowest BCUT2D eigenvalue weighted by atomic mass is 9.93. The van der Waals surface area contributed by atoms with E-state index in [1.54, 1.807) is 13.4 Å². The summed E-state index contributed by atoms with van der Waals surface area (Å²) in [5.74, 6) is 1.84. The van der Waals surface area contributed by atoms with Crippen molar-refractivity contribution in [3.05, 3.63) is 65.6 Å². The van der Waals surface area contributed by atoms with Crippen LogP contribution in [0.5, 0.6) is 5.75 Å². The fourth-order valence-corrected chi connectivity index (χ4v) is 2.90. The highest BCUT2D eigenvalue weighted by Gasteiger charge is 2.19. The molecule has 0 aliphatic carbocycles. The Labute approximate surface area is 124 Å². The summed E-state index contributed by atoms with van der Waals surface area (Å²) in [7, 11) is 3.67. The van der Waals surface area contributed by atoms with Gasteiger partial charge in [-0.3, -0.25) is 0 Å². The van der Waals surface area contributed by atoms with Gasteiger partial charge in [0.1, 0.15) is 11.5 Å². The summed E-state index contributed by atoms with van der Waals surface area (Å²) in [5, 5.41) is 5.71. The molecule has 0 aliphatic rings. The quantitative estimate of drug-likeness (QED) is 0.783. The highest BCUT2D eigenvalue weighted by atomic mass is 16.5. The molecule has 3 rings (SSSR count). The second-order valence-electron chi connectivity index (χ2n) is 5.06. The van der Waals surface area contributed by atoms with Crippen LogP contribution in [0.25, 0.3) is 10.8 Å². The Morgan fingerprint density at radius 3 is 2.38 bits per heavy atom. The molecule has 1 atom stereocenters. The van der Waals surface area contributed by atoms with Gasteiger partial charge in [-0.2, -0.15) is 0 Å². The van der Waals surface area contributed by atoms with Gasteiger partial charge >= 0.3 is 0 Å². The fourth-order valence-electron chi connectivity index (χ4n) is 2.90. The minimum absolute atomic E-state index is 0.0968. The molecular weight excluding hydrogens is 262 g/mol. The van der Waals surface area contributed by atoms with Crippen LogP contribution in [-0.2, 0) is 0 Å². The van der Waals surface area contributed by atoms with E-state index in [1.807, 2.05) is 32.2 Å². The lowest BCUT2D eigenvalue weighted by molar-refractivity contribution is 0.419. The van der Waals surface area contributed by atoms with Crippen LogP contribution in [0.4, 0.5) is 0 Å². The number of methoxy groups -OCH3 is 1. The van der Waals surface area contributed by atoms with Gasteiger partial charge in [0.05, 0.1) is 19.4 Å². The zero-order valence-electron chi connectivity index (χ0n) is 12.5. The zero-order chi connectivity index (χ0) is 14.8. The second-order valence-corrected chi connectivity index (χ2v) is 5.06. The Balaban J connectivity index is 2.22. The van der Waals surface area contributed by atoms with E-state index in [4.69, 9.17) is 9.15 Å². The van der Waals surface area contributed by atoms with Crippen molar-refractivity contribution >= 4 is 10.8 Å². The van der Waals surface area contributed by atoms with Crippen molar-refractivity contribution in [2.75, 3.05) is 14.2 Å². The van der Waals surface area contributed by atoms with E-state index in [0.717, 1.165) is 22.5 Å². The van der Waals surface area contributed by atoms with Gasteiger partial charge in [0.15, 0.2) is 0 Å². The van der Waals surface area contributed by atoms with Gasteiger partial charge in [-0.05, 0) is 37.1 Å². The van der Waals surface area contributed by atoms with Crippen molar-refractivity contribution < 1.29 is 9.15 Å². The molecule has 0 radical (unpaired) electrons. The van der Waals surface area contributed by atoms with Gasteiger partial charge in [-0.25, -0.2) is 0 Å². The predicted molar refractivity (Wildman–Crippen MR) is 84.8 cm³/mol. The fraction of sp³-hybridized carbons (Fsp3) is 0.222. The largest absolute Gasteiger partial charge is 0.496 e. The Morgan fingerprint density at radius 2 is 1.76 bits per heavy atom. The lowest BCUT2D eigenvalue weighted by Gasteiger charge is -2.19. The van der Waals surface area contributed by atoms with Crippen molar-refractivity contribution in [2.24, 2.45) is 0 Å². The molecule has 1 aromatic heterocycles. The maximum absolute atomic E-state index is 5.47. The SMILES string of the molecule is CNC(c1ccoc1C)c1ccc(OC)c2ccccc12. The van der Waals surface area contributed by atoms with Gasteiger partial charge in [0, 0.05) is 10.9 Å². The molecule has 0 aliphatic heterocycles. The van der Waals surface area contributed by atoms with Crippen LogP contribution in [0.15, 0.2) is 53.1 Å². The molecule has 1 N–H and O–H groups in total. The summed E-state index contributed by atoms with van der Waals surface area (Å²) >= 11 is 0. The van der Waals surface area contributed by atoms with Crippen LogP contribution in [0.2, 0.25) is 0 Å². The average molecular weight is 281 g/mol. The number of furan rings is 1. The van der Waals surface area contributed by atoms with Crippen LogP contribution in [-0.4, -0.2) is 14.2 Å². The molecule has 3 aromatic rings. The molecule has 3 heteroatoms. The summed E-state index contributed by atoms with van der Waals surface area (Å²) in [6.45, 7) is 1.99. The molecule has 1 unspecified atom stereocenters. The first kappa shape index (κ1) is 13.7. The smallest absolute Gasteiger partial charge is 0.126 e. The third-order valence-electron chi connectivity index (χ3n) is 3.95. The molecule has 0 saturated heterocycles. The van der Waals surface area contributed by atoms with Gasteiger partial charge in [0.2, 0.25) is 0 Å². The van der Waals surface area contributed by atoms with Gasteiger partial charge in [0.25, 0.3) is 0 Å². The number of benzene rings is 2. The van der Waals surface area contributed by atoms with Gasteiger partial charge in [-0.1, -0.05) is 30.3 Å². The van der Waals surface area contributed by atoms with E-state index in [-0.39, 0.29) is 6.04 Å². The third-order valence-corrected chi connectivity index (χ3v) is 3.95. The molecular formula is C18H19NO2. The molecule has 0 spiro atoms. The summed E-state index contributed by atoms with van der Waals surface area (Å²) in [6.07, 6.45) is 1.74. The van der Waals surface area contributed by atoms with Gasteiger partial charge < -0.3 is 14.5 Å². The highest BCUT2D eigenvalue weighted by Crippen LogP contribution is 2.34. The predicted octanol–water partition coefficient (Wildman–Crippen LogP) is 4.06. The highest BCUT2D eigenvalue weighted by molar-refractivity contribution is 5.91.